The van der Waals surface area contributed by atoms with E-state index in [-0.39, 0.29) is 58.4 Å². The predicted octanol–water partition coefficient (Wildman–Crippen LogP) is 4.20. The van der Waals surface area contributed by atoms with Crippen LogP contribution in [0.15, 0.2) is 30.6 Å². The number of halogens is 2. The van der Waals surface area contributed by atoms with E-state index in [9.17, 15) is 9.59 Å². The zero-order valence-electron chi connectivity index (χ0n) is 22.1. The lowest BCUT2D eigenvalue weighted by molar-refractivity contribution is -0.126. The molecule has 4 N–H and O–H groups in total. The maximum Gasteiger partial charge on any atom is 0.298 e. The standard InChI is InChI=1S/C29H29F2N5O3/c1-5-6-23(37)36(4)15(2)13-39-27-26(34-14-35-28(27)32)22-12-18(30)11-21(16(22)3)24-19(17-7-8-17)9-10-20(25(24)31)29(33)38/h9-12,14-15,17H,7-8,13H2,1-4H3,(H2,33,38)(H2,32,34,35). The molecule has 2 amide bonds. The molecule has 39 heavy (non-hydrogen) atoms. The topological polar surface area (TPSA) is 124 Å². The van der Waals surface area contributed by atoms with Gasteiger partial charge in [-0.05, 0) is 80.3 Å². The zero-order chi connectivity index (χ0) is 28.4. The Morgan fingerprint density at radius 1 is 1.21 bits per heavy atom. The number of nitrogens with zero attached hydrogens (tertiary/aromatic N) is 3. The molecule has 1 aliphatic carbocycles. The van der Waals surface area contributed by atoms with Crippen molar-refractivity contribution in [1.82, 2.24) is 14.9 Å². The lowest BCUT2D eigenvalue weighted by Crippen LogP contribution is -2.38. The highest BCUT2D eigenvalue weighted by molar-refractivity contribution is 5.96. The minimum atomic E-state index is -0.910. The fourth-order valence-electron chi connectivity index (χ4n) is 4.41. The Kier molecular flexibility index (Phi) is 7.81. The predicted molar refractivity (Wildman–Crippen MR) is 144 cm³/mol. The number of rotatable bonds is 8. The van der Waals surface area contributed by atoms with E-state index in [1.807, 2.05) is 0 Å². The normalized spacial score (nSPS) is 13.3. The number of anilines is 1. The molecule has 202 valence electrons. The van der Waals surface area contributed by atoms with Gasteiger partial charge >= 0.3 is 0 Å². The van der Waals surface area contributed by atoms with Crippen LogP contribution in [0.3, 0.4) is 0 Å². The fraction of sp³-hybridized carbons (Fsp3) is 0.310. The summed E-state index contributed by atoms with van der Waals surface area (Å²) in [6.07, 6.45) is 2.95. The number of hydrogen-bond acceptors (Lipinski definition) is 6. The van der Waals surface area contributed by atoms with Gasteiger partial charge in [0.05, 0.1) is 11.6 Å². The van der Waals surface area contributed by atoms with E-state index in [0.717, 1.165) is 12.8 Å². The molecule has 1 atom stereocenters. The summed E-state index contributed by atoms with van der Waals surface area (Å²) in [5.74, 6) is 2.54. The summed E-state index contributed by atoms with van der Waals surface area (Å²) in [5.41, 5.74) is 13.4. The van der Waals surface area contributed by atoms with Gasteiger partial charge in [-0.3, -0.25) is 9.59 Å². The highest BCUT2D eigenvalue weighted by atomic mass is 19.1. The van der Waals surface area contributed by atoms with Gasteiger partial charge in [-0.15, -0.1) is 0 Å². The van der Waals surface area contributed by atoms with Crippen LogP contribution in [0, 0.1) is 30.4 Å². The van der Waals surface area contributed by atoms with E-state index in [0.29, 0.717) is 16.7 Å². The van der Waals surface area contributed by atoms with Crippen molar-refractivity contribution >= 4 is 17.6 Å². The summed E-state index contributed by atoms with van der Waals surface area (Å²) >= 11 is 0. The van der Waals surface area contributed by atoms with Crippen LogP contribution < -0.4 is 16.2 Å². The Bertz CT molecular complexity index is 1530. The monoisotopic (exact) mass is 533 g/mol. The number of aromatic nitrogens is 2. The van der Waals surface area contributed by atoms with Crippen molar-refractivity contribution in [1.29, 1.82) is 0 Å². The molecule has 1 aliphatic rings. The minimum Gasteiger partial charge on any atom is -0.485 e. The van der Waals surface area contributed by atoms with Gasteiger partial charge in [-0.2, -0.15) is 0 Å². The number of carbonyl (C=O) groups is 2. The van der Waals surface area contributed by atoms with Gasteiger partial charge in [0.1, 0.15) is 30.3 Å². The summed E-state index contributed by atoms with van der Waals surface area (Å²) in [6, 6.07) is 5.16. The highest BCUT2D eigenvalue weighted by Gasteiger charge is 2.31. The van der Waals surface area contributed by atoms with Crippen LogP contribution >= 0.6 is 0 Å². The number of likely N-dealkylation sites (N-methyl/N-ethyl adjacent to an activating group) is 1. The summed E-state index contributed by atoms with van der Waals surface area (Å²) in [6.45, 7) is 5.08. The van der Waals surface area contributed by atoms with Gasteiger partial charge in [-0.1, -0.05) is 12.0 Å². The zero-order valence-corrected chi connectivity index (χ0v) is 22.1. The Balaban J connectivity index is 1.81. The summed E-state index contributed by atoms with van der Waals surface area (Å²) in [5, 5.41) is 0. The van der Waals surface area contributed by atoms with Gasteiger partial charge in [0.2, 0.25) is 0 Å². The molecule has 1 aromatic heterocycles. The molecule has 0 saturated heterocycles. The lowest BCUT2D eigenvalue weighted by Gasteiger charge is -2.24. The maximum atomic E-state index is 15.7. The van der Waals surface area contributed by atoms with Crippen molar-refractivity contribution in [2.45, 2.75) is 45.6 Å². The van der Waals surface area contributed by atoms with Crippen LogP contribution in [0.1, 0.15) is 54.1 Å². The van der Waals surface area contributed by atoms with Crippen LogP contribution in [0.2, 0.25) is 0 Å². The van der Waals surface area contributed by atoms with Gasteiger partial charge in [0.15, 0.2) is 11.6 Å². The lowest BCUT2D eigenvalue weighted by atomic mass is 9.88. The van der Waals surface area contributed by atoms with E-state index in [1.54, 1.807) is 33.9 Å². The number of carbonyl (C=O) groups excluding carboxylic acids is 2. The van der Waals surface area contributed by atoms with Crippen LogP contribution in [-0.4, -0.2) is 46.4 Å². The van der Waals surface area contributed by atoms with Gasteiger partial charge in [0, 0.05) is 18.2 Å². The van der Waals surface area contributed by atoms with E-state index >= 15 is 8.78 Å². The van der Waals surface area contributed by atoms with E-state index < -0.39 is 17.5 Å². The Labute approximate surface area is 225 Å². The molecule has 0 bridgehead atoms. The van der Waals surface area contributed by atoms with Crippen molar-refractivity contribution in [3.8, 4) is 40.0 Å². The molecule has 10 heteroatoms. The minimum absolute atomic E-state index is 0.0142. The molecule has 0 aliphatic heterocycles. The van der Waals surface area contributed by atoms with E-state index in [1.165, 1.54) is 29.4 Å². The van der Waals surface area contributed by atoms with E-state index in [2.05, 4.69) is 21.8 Å². The van der Waals surface area contributed by atoms with Crippen molar-refractivity contribution < 1.29 is 23.1 Å². The highest BCUT2D eigenvalue weighted by Crippen LogP contribution is 2.47. The third kappa shape index (κ3) is 5.53. The number of nitrogens with two attached hydrogens (primary N) is 2. The average Bonchev–Trinajstić information content (AvgIpc) is 3.74. The molecule has 1 saturated carbocycles. The molecule has 1 fully saturated rings. The Morgan fingerprint density at radius 3 is 2.54 bits per heavy atom. The van der Waals surface area contributed by atoms with Crippen molar-refractivity contribution in [3.05, 3.63) is 58.9 Å². The number of amides is 2. The number of nitrogen functional groups attached to an aromatic ring is 1. The van der Waals surface area contributed by atoms with Crippen LogP contribution in [0.4, 0.5) is 14.6 Å². The molecule has 0 spiro atoms. The van der Waals surface area contributed by atoms with Crippen LogP contribution in [-0.2, 0) is 4.79 Å². The second-order valence-electron chi connectivity index (χ2n) is 9.54. The SMILES string of the molecule is CC#CC(=O)N(C)C(C)COc1c(N)ncnc1-c1cc(F)cc(-c2c(C3CC3)ccc(C(N)=O)c2F)c1C. The molecule has 1 unspecified atom stereocenters. The number of primary amides is 1. The van der Waals surface area contributed by atoms with Gasteiger partial charge in [0.25, 0.3) is 11.8 Å². The first-order valence-corrected chi connectivity index (χ1v) is 12.4. The molecule has 4 rings (SSSR count). The summed E-state index contributed by atoms with van der Waals surface area (Å²) in [4.78, 5) is 33.8. The maximum absolute atomic E-state index is 15.7. The summed E-state index contributed by atoms with van der Waals surface area (Å²) in [7, 11) is 1.60. The number of hydrogen-bond donors (Lipinski definition) is 2. The van der Waals surface area contributed by atoms with Crippen LogP contribution in [0.5, 0.6) is 5.75 Å². The first-order valence-electron chi connectivity index (χ1n) is 12.4. The first-order chi connectivity index (χ1) is 18.5. The molecule has 1 heterocycles. The van der Waals surface area contributed by atoms with Crippen molar-refractivity contribution in [2.75, 3.05) is 19.4 Å². The second kappa shape index (κ2) is 11.1. The Morgan fingerprint density at radius 2 is 1.90 bits per heavy atom. The fourth-order valence-corrected chi connectivity index (χ4v) is 4.41. The van der Waals surface area contributed by atoms with Crippen molar-refractivity contribution in [3.63, 3.8) is 0 Å². The Hall–Kier alpha value is -4.52. The van der Waals surface area contributed by atoms with Gasteiger partial charge < -0.3 is 21.1 Å². The van der Waals surface area contributed by atoms with E-state index in [4.69, 9.17) is 16.2 Å². The van der Waals surface area contributed by atoms with Crippen molar-refractivity contribution in [2.24, 2.45) is 5.73 Å². The summed E-state index contributed by atoms with van der Waals surface area (Å²) < 4.78 is 36.8. The molecule has 0 radical (unpaired) electrons. The molecule has 2 aromatic carbocycles. The third-order valence-corrected chi connectivity index (χ3v) is 6.87. The quantitative estimate of drug-likeness (QED) is 0.418. The molecular formula is C29H29F2N5O3. The molecule has 3 aromatic rings. The first kappa shape index (κ1) is 27.5. The third-order valence-electron chi connectivity index (χ3n) is 6.87. The average molecular weight is 534 g/mol. The second-order valence-corrected chi connectivity index (χ2v) is 9.54. The molecule has 8 nitrogen and oxygen atoms in total. The smallest absolute Gasteiger partial charge is 0.298 e. The van der Waals surface area contributed by atoms with Gasteiger partial charge in [-0.25, -0.2) is 18.7 Å². The number of ether oxygens (including phenoxy) is 1. The molecular weight excluding hydrogens is 504 g/mol. The number of benzene rings is 2. The van der Waals surface area contributed by atoms with Crippen LogP contribution in [0.25, 0.3) is 22.4 Å². The largest absolute Gasteiger partial charge is 0.485 e.